The van der Waals surface area contributed by atoms with E-state index in [2.05, 4.69) is 16.4 Å². The zero-order chi connectivity index (χ0) is 15.2. The Kier molecular flexibility index (Phi) is 5.73. The van der Waals surface area contributed by atoms with Gasteiger partial charge in [0.05, 0.1) is 5.02 Å². The fourth-order valence-electron chi connectivity index (χ4n) is 2.41. The minimum Gasteiger partial charge on any atom is -0.299 e. The summed E-state index contributed by atoms with van der Waals surface area (Å²) in [5.74, 6) is 4.51. The molecule has 4 nitrogen and oxygen atoms in total. The zero-order valence-corrected chi connectivity index (χ0v) is 12.5. The van der Waals surface area contributed by atoms with Gasteiger partial charge in [-0.1, -0.05) is 23.7 Å². The number of hydrogen-bond donors (Lipinski definition) is 2. The number of nitrogens with zero attached hydrogens (tertiary/aromatic N) is 1. The molecule has 21 heavy (non-hydrogen) atoms. The molecule has 2 rings (SSSR count). The number of hydrogen-bond acceptors (Lipinski definition) is 3. The molecule has 1 aliphatic heterocycles. The third kappa shape index (κ3) is 4.52. The van der Waals surface area contributed by atoms with E-state index in [0.717, 1.165) is 43.6 Å². The number of rotatable bonds is 5. The number of hydrazine groups is 1. The summed E-state index contributed by atoms with van der Waals surface area (Å²) in [4.78, 5) is 13.3. The highest BCUT2D eigenvalue weighted by molar-refractivity contribution is 6.30. The fraction of sp³-hybridized carbons (Fsp3) is 0.400. The van der Waals surface area contributed by atoms with Crippen LogP contribution in [0.5, 0.6) is 0 Å². The second-order valence-corrected chi connectivity index (χ2v) is 5.49. The Morgan fingerprint density at radius 1 is 1.48 bits per heavy atom. The highest BCUT2D eigenvalue weighted by Gasteiger charge is 2.14. The van der Waals surface area contributed by atoms with Gasteiger partial charge in [0, 0.05) is 19.5 Å². The molecule has 0 saturated carbocycles. The number of carbonyl (C=O) groups excluding carboxylic acids is 1. The van der Waals surface area contributed by atoms with Crippen LogP contribution in [0, 0.1) is 5.82 Å². The maximum absolute atomic E-state index is 13.5. The van der Waals surface area contributed by atoms with Gasteiger partial charge in [0.1, 0.15) is 5.82 Å². The van der Waals surface area contributed by atoms with Crippen molar-refractivity contribution in [2.75, 3.05) is 19.6 Å². The maximum Gasteiger partial charge on any atom is 0.233 e. The van der Waals surface area contributed by atoms with Crippen LogP contribution in [0.3, 0.4) is 0 Å². The van der Waals surface area contributed by atoms with Gasteiger partial charge < -0.3 is 0 Å². The van der Waals surface area contributed by atoms with Crippen molar-refractivity contribution < 1.29 is 9.18 Å². The van der Waals surface area contributed by atoms with Crippen LogP contribution in [0.4, 0.5) is 4.39 Å². The van der Waals surface area contributed by atoms with Crippen LogP contribution in [-0.2, 0) is 4.79 Å². The van der Waals surface area contributed by atoms with E-state index in [4.69, 9.17) is 17.4 Å². The van der Waals surface area contributed by atoms with E-state index < -0.39 is 0 Å². The summed E-state index contributed by atoms with van der Waals surface area (Å²) in [6.45, 7) is 2.57. The maximum atomic E-state index is 13.5. The van der Waals surface area contributed by atoms with Crippen LogP contribution in [-0.4, -0.2) is 30.4 Å². The van der Waals surface area contributed by atoms with Crippen molar-refractivity contribution in [2.24, 2.45) is 5.84 Å². The quantitative estimate of drug-likeness (QED) is 0.498. The lowest BCUT2D eigenvalue weighted by Gasteiger charge is -2.26. The summed E-state index contributed by atoms with van der Waals surface area (Å²) >= 11 is 5.69. The number of amides is 1. The van der Waals surface area contributed by atoms with Crippen LogP contribution in [0.2, 0.25) is 5.02 Å². The lowest BCUT2D eigenvalue weighted by Crippen LogP contribution is -2.32. The fourth-order valence-corrected chi connectivity index (χ4v) is 2.53. The molecule has 1 heterocycles. The van der Waals surface area contributed by atoms with Gasteiger partial charge >= 0.3 is 0 Å². The Bertz CT molecular complexity index is 548. The molecule has 6 heteroatoms. The smallest absolute Gasteiger partial charge is 0.233 e. The first-order valence-electron chi connectivity index (χ1n) is 6.96. The molecular weight excluding hydrogens is 293 g/mol. The number of halogens is 2. The topological polar surface area (TPSA) is 58.4 Å². The standard InChI is InChI=1S/C15H19ClFN3O/c16-13-4-3-12(10-14(13)17)11-5-8-20(9-6-11)7-1-2-15(21)19-18/h3-5,10H,1-2,6-9,18H2,(H,19,21). The van der Waals surface area contributed by atoms with Crippen molar-refractivity contribution in [2.45, 2.75) is 19.3 Å². The molecule has 1 aliphatic rings. The van der Waals surface area contributed by atoms with Crippen molar-refractivity contribution in [3.05, 3.63) is 40.7 Å². The Labute approximate surface area is 128 Å². The number of benzene rings is 1. The summed E-state index contributed by atoms with van der Waals surface area (Å²) in [7, 11) is 0. The van der Waals surface area contributed by atoms with Crippen molar-refractivity contribution in [3.63, 3.8) is 0 Å². The summed E-state index contributed by atoms with van der Waals surface area (Å²) in [5.41, 5.74) is 4.15. The van der Waals surface area contributed by atoms with Crippen LogP contribution >= 0.6 is 11.6 Å². The predicted octanol–water partition coefficient (Wildman–Crippen LogP) is 2.34. The molecule has 0 fully saturated rings. The molecule has 0 aliphatic carbocycles. The van der Waals surface area contributed by atoms with Crippen LogP contribution in [0.1, 0.15) is 24.8 Å². The largest absolute Gasteiger partial charge is 0.299 e. The van der Waals surface area contributed by atoms with E-state index in [-0.39, 0.29) is 16.7 Å². The Balaban J connectivity index is 1.86. The molecule has 1 aromatic rings. The first kappa shape index (κ1) is 15.9. The Hall–Kier alpha value is -1.43. The normalized spacial score (nSPS) is 15.7. The molecule has 0 atom stereocenters. The number of nitrogens with one attached hydrogen (secondary N) is 1. The third-order valence-corrected chi connectivity index (χ3v) is 3.93. The second-order valence-electron chi connectivity index (χ2n) is 5.08. The summed E-state index contributed by atoms with van der Waals surface area (Å²) in [6, 6.07) is 4.92. The van der Waals surface area contributed by atoms with Crippen LogP contribution < -0.4 is 11.3 Å². The number of nitrogens with two attached hydrogens (primary N) is 1. The van der Waals surface area contributed by atoms with Gasteiger partial charge in [-0.25, -0.2) is 10.2 Å². The first-order valence-corrected chi connectivity index (χ1v) is 7.34. The zero-order valence-electron chi connectivity index (χ0n) is 11.7. The molecule has 0 spiro atoms. The van der Waals surface area contributed by atoms with Crippen molar-refractivity contribution in [3.8, 4) is 0 Å². The van der Waals surface area contributed by atoms with E-state index in [9.17, 15) is 9.18 Å². The lowest BCUT2D eigenvalue weighted by atomic mass is 9.99. The molecule has 114 valence electrons. The van der Waals surface area contributed by atoms with E-state index in [1.54, 1.807) is 6.07 Å². The average molecular weight is 312 g/mol. The molecular formula is C15H19ClFN3O. The summed E-state index contributed by atoms with van der Waals surface area (Å²) < 4.78 is 13.5. The highest BCUT2D eigenvalue weighted by Crippen LogP contribution is 2.25. The van der Waals surface area contributed by atoms with Crippen molar-refractivity contribution >= 4 is 23.1 Å². The van der Waals surface area contributed by atoms with Crippen LogP contribution in [0.25, 0.3) is 5.57 Å². The summed E-state index contributed by atoms with van der Waals surface area (Å²) in [6.07, 6.45) is 4.19. The minimum atomic E-state index is -0.384. The second kappa shape index (κ2) is 7.54. The molecule has 1 amide bonds. The first-order chi connectivity index (χ1) is 10.1. The molecule has 0 saturated heterocycles. The monoisotopic (exact) mass is 311 g/mol. The van der Waals surface area contributed by atoms with Crippen LogP contribution in [0.15, 0.2) is 24.3 Å². The van der Waals surface area contributed by atoms with Gasteiger partial charge in [0.15, 0.2) is 0 Å². The van der Waals surface area contributed by atoms with Gasteiger partial charge in [0.25, 0.3) is 0 Å². The van der Waals surface area contributed by atoms with Gasteiger partial charge in [-0.3, -0.25) is 15.1 Å². The molecule has 0 aromatic heterocycles. The molecule has 1 aromatic carbocycles. The Morgan fingerprint density at radius 3 is 2.90 bits per heavy atom. The Morgan fingerprint density at radius 2 is 2.29 bits per heavy atom. The highest BCUT2D eigenvalue weighted by atomic mass is 35.5. The van der Waals surface area contributed by atoms with E-state index in [1.807, 2.05) is 6.07 Å². The lowest BCUT2D eigenvalue weighted by molar-refractivity contribution is -0.121. The SMILES string of the molecule is NNC(=O)CCCN1CC=C(c2ccc(Cl)c(F)c2)CC1. The van der Waals surface area contributed by atoms with E-state index in [0.29, 0.717) is 6.42 Å². The number of carbonyl (C=O) groups is 1. The van der Waals surface area contributed by atoms with Crippen molar-refractivity contribution in [1.29, 1.82) is 0 Å². The molecule has 0 unspecified atom stereocenters. The molecule has 0 radical (unpaired) electrons. The van der Waals surface area contributed by atoms with Gasteiger partial charge in [-0.2, -0.15) is 0 Å². The third-order valence-electron chi connectivity index (χ3n) is 3.62. The van der Waals surface area contributed by atoms with Gasteiger partial charge in [-0.05, 0) is 42.7 Å². The predicted molar refractivity (Wildman–Crippen MR) is 82.0 cm³/mol. The molecule has 3 N–H and O–H groups in total. The van der Waals surface area contributed by atoms with E-state index >= 15 is 0 Å². The molecule has 0 bridgehead atoms. The van der Waals surface area contributed by atoms with Gasteiger partial charge in [-0.15, -0.1) is 0 Å². The van der Waals surface area contributed by atoms with E-state index in [1.165, 1.54) is 6.07 Å². The van der Waals surface area contributed by atoms with Gasteiger partial charge in [0.2, 0.25) is 5.91 Å². The average Bonchev–Trinajstić information content (AvgIpc) is 2.50. The van der Waals surface area contributed by atoms with Crippen molar-refractivity contribution in [1.82, 2.24) is 10.3 Å². The summed E-state index contributed by atoms with van der Waals surface area (Å²) in [5, 5.41) is 0.148. The minimum absolute atomic E-state index is 0.139.